The van der Waals surface area contributed by atoms with Crippen molar-refractivity contribution in [3.63, 3.8) is 0 Å². The quantitative estimate of drug-likeness (QED) is 0.848. The molecule has 0 unspecified atom stereocenters. The highest BCUT2D eigenvalue weighted by Gasteiger charge is 2.27. The summed E-state index contributed by atoms with van der Waals surface area (Å²) in [7, 11) is -3.38. The second kappa shape index (κ2) is 5.29. The number of hydrogen-bond acceptors (Lipinski definition) is 6. The highest BCUT2D eigenvalue weighted by atomic mass is 32.2. The molecule has 0 aromatic carbocycles. The van der Waals surface area contributed by atoms with Gasteiger partial charge in [0, 0.05) is 10.8 Å². The summed E-state index contributed by atoms with van der Waals surface area (Å²) in [6, 6.07) is 3.51. The molecule has 0 saturated heterocycles. The number of hydrogen-bond donors (Lipinski definition) is 0. The number of thiophene rings is 1. The first-order valence-electron chi connectivity index (χ1n) is 6.72. The van der Waals surface area contributed by atoms with Gasteiger partial charge in [-0.25, -0.2) is 8.42 Å². The first-order valence-corrected chi connectivity index (χ1v) is 9.19. The van der Waals surface area contributed by atoms with Crippen LogP contribution in [0.2, 0.25) is 0 Å². The van der Waals surface area contributed by atoms with E-state index in [0.29, 0.717) is 16.0 Å². The van der Waals surface area contributed by atoms with E-state index in [1.807, 2.05) is 13.0 Å². The van der Waals surface area contributed by atoms with E-state index in [1.165, 1.54) is 17.8 Å². The van der Waals surface area contributed by atoms with Gasteiger partial charge in [0.05, 0.1) is 0 Å². The highest BCUT2D eigenvalue weighted by molar-refractivity contribution is 7.92. The van der Waals surface area contributed by atoms with Gasteiger partial charge in [0.1, 0.15) is 9.96 Å². The van der Waals surface area contributed by atoms with Crippen LogP contribution < -0.4 is 0 Å². The molecule has 0 spiro atoms. The van der Waals surface area contributed by atoms with Crippen LogP contribution in [0.3, 0.4) is 0 Å². The lowest BCUT2D eigenvalue weighted by atomic mass is 9.85. The Labute approximate surface area is 121 Å². The Kier molecular flexibility index (Phi) is 3.64. The van der Waals surface area contributed by atoms with Gasteiger partial charge >= 0.3 is 0 Å². The maximum atomic E-state index is 12.3. The minimum absolute atomic E-state index is 0.193. The van der Waals surface area contributed by atoms with Gasteiger partial charge < -0.3 is 4.52 Å². The second-order valence-corrected chi connectivity index (χ2v) is 8.39. The molecule has 0 radical (unpaired) electrons. The minimum atomic E-state index is -3.38. The van der Waals surface area contributed by atoms with E-state index >= 15 is 0 Å². The molecule has 1 saturated carbocycles. The van der Waals surface area contributed by atoms with Gasteiger partial charge in [0.2, 0.25) is 5.89 Å². The monoisotopic (exact) mass is 312 g/mol. The van der Waals surface area contributed by atoms with Crippen LogP contribution in [0.15, 0.2) is 20.9 Å². The summed E-state index contributed by atoms with van der Waals surface area (Å²) < 4.78 is 30.0. The smallest absolute Gasteiger partial charge is 0.242 e. The van der Waals surface area contributed by atoms with Gasteiger partial charge in [-0.2, -0.15) is 4.98 Å². The molecule has 1 aliphatic rings. The molecular weight excluding hydrogens is 296 g/mol. The Morgan fingerprint density at radius 1 is 1.40 bits per heavy atom. The van der Waals surface area contributed by atoms with Crippen LogP contribution in [0.1, 0.15) is 48.7 Å². The summed E-state index contributed by atoms with van der Waals surface area (Å²) in [5.74, 6) is 0.986. The molecule has 0 amide bonds. The number of nitrogens with zero attached hydrogens (tertiary/aromatic N) is 2. The molecule has 5 nitrogen and oxygen atoms in total. The van der Waals surface area contributed by atoms with Gasteiger partial charge in [0.15, 0.2) is 15.7 Å². The van der Waals surface area contributed by atoms with Crippen LogP contribution in [0, 0.1) is 0 Å². The van der Waals surface area contributed by atoms with E-state index in [0.717, 1.165) is 24.1 Å². The molecule has 20 heavy (non-hydrogen) atoms. The van der Waals surface area contributed by atoms with Gasteiger partial charge in [-0.3, -0.25) is 0 Å². The Bertz CT molecular complexity index is 699. The predicted octanol–water partition coefficient (Wildman–Crippen LogP) is 2.93. The van der Waals surface area contributed by atoms with E-state index in [-0.39, 0.29) is 11.6 Å². The molecule has 108 valence electrons. The lowest BCUT2D eigenvalue weighted by molar-refractivity contribution is 0.352. The zero-order chi connectivity index (χ0) is 14.2. The highest BCUT2D eigenvalue weighted by Crippen LogP contribution is 2.34. The molecular formula is C13H16N2O3S2. The Morgan fingerprint density at radius 2 is 2.20 bits per heavy atom. The van der Waals surface area contributed by atoms with Gasteiger partial charge in [-0.05, 0) is 31.4 Å². The van der Waals surface area contributed by atoms with Crippen molar-refractivity contribution in [2.24, 2.45) is 0 Å². The fourth-order valence-electron chi connectivity index (χ4n) is 2.11. The van der Waals surface area contributed by atoms with Crippen molar-refractivity contribution < 1.29 is 12.9 Å². The molecule has 0 N–H and O–H groups in total. The predicted molar refractivity (Wildman–Crippen MR) is 75.5 cm³/mol. The zero-order valence-electron chi connectivity index (χ0n) is 11.2. The van der Waals surface area contributed by atoms with Crippen molar-refractivity contribution in [2.75, 3.05) is 0 Å². The van der Waals surface area contributed by atoms with Crippen molar-refractivity contribution >= 4 is 21.2 Å². The van der Waals surface area contributed by atoms with Crippen molar-refractivity contribution in [3.8, 4) is 0 Å². The third kappa shape index (κ3) is 2.64. The van der Waals surface area contributed by atoms with Crippen LogP contribution in [-0.2, 0) is 22.0 Å². The standard InChI is InChI=1S/C13H16N2O3S2/c1-2-10-6-7-12(19-10)20(16,17)8-11-14-13(15-18-11)9-4-3-5-9/h6-7,9H,2-5,8H2,1H3. The molecule has 3 rings (SSSR count). The first kappa shape index (κ1) is 13.8. The number of rotatable bonds is 5. The van der Waals surface area contributed by atoms with E-state index in [1.54, 1.807) is 6.07 Å². The molecule has 2 aromatic rings. The molecule has 7 heteroatoms. The zero-order valence-corrected chi connectivity index (χ0v) is 12.8. The van der Waals surface area contributed by atoms with Crippen molar-refractivity contribution in [2.45, 2.75) is 48.5 Å². The van der Waals surface area contributed by atoms with E-state index in [4.69, 9.17) is 4.52 Å². The van der Waals surface area contributed by atoms with Crippen LogP contribution in [-0.4, -0.2) is 18.6 Å². The molecule has 2 heterocycles. The third-order valence-corrected chi connectivity index (χ3v) is 6.97. The minimum Gasteiger partial charge on any atom is -0.338 e. The average Bonchev–Trinajstić information content (AvgIpc) is 2.95. The Morgan fingerprint density at radius 3 is 2.80 bits per heavy atom. The third-order valence-electron chi connectivity index (χ3n) is 3.56. The van der Waals surface area contributed by atoms with Crippen molar-refractivity contribution in [1.82, 2.24) is 10.1 Å². The van der Waals surface area contributed by atoms with Gasteiger partial charge in [0.25, 0.3) is 0 Å². The molecule has 0 aliphatic heterocycles. The maximum Gasteiger partial charge on any atom is 0.242 e. The summed E-state index contributed by atoms with van der Waals surface area (Å²) in [6.07, 6.45) is 4.15. The molecule has 0 atom stereocenters. The lowest BCUT2D eigenvalue weighted by Crippen LogP contribution is -2.10. The first-order chi connectivity index (χ1) is 9.58. The number of aryl methyl sites for hydroxylation is 1. The summed E-state index contributed by atoms with van der Waals surface area (Å²) >= 11 is 1.31. The average molecular weight is 312 g/mol. The van der Waals surface area contributed by atoms with Gasteiger partial charge in [-0.1, -0.05) is 18.5 Å². The summed E-state index contributed by atoms with van der Waals surface area (Å²) in [5, 5.41) is 3.89. The number of sulfone groups is 1. The van der Waals surface area contributed by atoms with Crippen LogP contribution in [0.5, 0.6) is 0 Å². The Hall–Kier alpha value is -1.21. The maximum absolute atomic E-state index is 12.3. The molecule has 1 fully saturated rings. The van der Waals surface area contributed by atoms with E-state index < -0.39 is 9.84 Å². The lowest BCUT2D eigenvalue weighted by Gasteiger charge is -2.20. The summed E-state index contributed by atoms with van der Waals surface area (Å²) in [4.78, 5) is 5.28. The van der Waals surface area contributed by atoms with Crippen LogP contribution >= 0.6 is 11.3 Å². The van der Waals surface area contributed by atoms with Gasteiger partial charge in [-0.15, -0.1) is 11.3 Å². The molecule has 0 bridgehead atoms. The summed E-state index contributed by atoms with van der Waals surface area (Å²) in [5.41, 5.74) is 0. The fourth-order valence-corrected chi connectivity index (χ4v) is 4.65. The molecule has 2 aromatic heterocycles. The summed E-state index contributed by atoms with van der Waals surface area (Å²) in [6.45, 7) is 2.01. The van der Waals surface area contributed by atoms with Crippen molar-refractivity contribution in [3.05, 3.63) is 28.7 Å². The SMILES string of the molecule is CCc1ccc(S(=O)(=O)Cc2nc(C3CCC3)no2)s1. The molecule has 1 aliphatic carbocycles. The van der Waals surface area contributed by atoms with E-state index in [9.17, 15) is 8.42 Å². The normalized spacial score (nSPS) is 16.2. The Balaban J connectivity index is 1.76. The number of aromatic nitrogens is 2. The fraction of sp³-hybridized carbons (Fsp3) is 0.538. The van der Waals surface area contributed by atoms with Crippen LogP contribution in [0.4, 0.5) is 0 Å². The second-order valence-electron chi connectivity index (χ2n) is 5.01. The van der Waals surface area contributed by atoms with Crippen molar-refractivity contribution in [1.29, 1.82) is 0 Å². The van der Waals surface area contributed by atoms with Crippen LogP contribution in [0.25, 0.3) is 0 Å². The topological polar surface area (TPSA) is 73.1 Å². The largest absolute Gasteiger partial charge is 0.338 e. The van der Waals surface area contributed by atoms with E-state index in [2.05, 4.69) is 10.1 Å².